The van der Waals surface area contributed by atoms with Gasteiger partial charge in [-0.3, -0.25) is 4.79 Å². The SMILES string of the molecule is COc1ccc(C[C@@H]2c3cc(OC)c(OC)cc3CC[N@+]2(C)CCC(=O)OCc2ccccc2)cc1OC. The number of quaternary nitrogens is 1. The van der Waals surface area contributed by atoms with Crippen LogP contribution in [-0.4, -0.2) is 59.0 Å². The van der Waals surface area contributed by atoms with Crippen LogP contribution < -0.4 is 18.9 Å². The minimum atomic E-state index is -0.184. The summed E-state index contributed by atoms with van der Waals surface area (Å²) in [7, 11) is 8.84. The Morgan fingerprint density at radius 3 is 2.16 bits per heavy atom. The highest BCUT2D eigenvalue weighted by atomic mass is 16.5. The molecule has 4 rings (SSSR count). The fourth-order valence-corrected chi connectivity index (χ4v) is 5.32. The van der Waals surface area contributed by atoms with Crippen LogP contribution in [0, 0.1) is 0 Å². The highest BCUT2D eigenvalue weighted by Gasteiger charge is 2.40. The van der Waals surface area contributed by atoms with E-state index >= 15 is 0 Å². The normalized spacial score (nSPS) is 18.3. The predicted octanol–water partition coefficient (Wildman–Crippen LogP) is 5.14. The summed E-state index contributed by atoms with van der Waals surface area (Å²) >= 11 is 0. The molecule has 202 valence electrons. The van der Waals surface area contributed by atoms with E-state index in [2.05, 4.69) is 25.2 Å². The second-order valence-electron chi connectivity index (χ2n) is 9.89. The summed E-state index contributed by atoms with van der Waals surface area (Å²) < 4.78 is 28.6. The number of rotatable bonds is 11. The number of hydrogen-bond acceptors (Lipinski definition) is 6. The summed E-state index contributed by atoms with van der Waals surface area (Å²) in [4.78, 5) is 12.8. The zero-order valence-electron chi connectivity index (χ0n) is 23.0. The van der Waals surface area contributed by atoms with Crippen LogP contribution in [0.15, 0.2) is 60.7 Å². The highest BCUT2D eigenvalue weighted by Crippen LogP contribution is 2.43. The summed E-state index contributed by atoms with van der Waals surface area (Å²) in [5.41, 5.74) is 4.58. The number of ether oxygens (including phenoxy) is 5. The van der Waals surface area contributed by atoms with Gasteiger partial charge in [-0.25, -0.2) is 0 Å². The molecule has 3 aromatic carbocycles. The van der Waals surface area contributed by atoms with Crippen LogP contribution in [0.1, 0.15) is 34.7 Å². The third-order valence-electron chi connectivity index (χ3n) is 7.60. The summed E-state index contributed by atoms with van der Waals surface area (Å²) in [6, 6.07) is 20.1. The van der Waals surface area contributed by atoms with E-state index in [1.165, 1.54) is 11.1 Å². The molecule has 7 nitrogen and oxygen atoms in total. The molecule has 0 spiro atoms. The second kappa shape index (κ2) is 12.2. The zero-order valence-corrected chi connectivity index (χ0v) is 23.0. The molecular weight excluding hydrogens is 482 g/mol. The Labute approximate surface area is 225 Å². The molecule has 0 N–H and O–H groups in total. The van der Waals surface area contributed by atoms with Gasteiger partial charge in [0.05, 0.1) is 55.0 Å². The Bertz CT molecular complexity index is 1240. The average Bonchev–Trinajstić information content (AvgIpc) is 2.96. The molecule has 0 aliphatic carbocycles. The Balaban J connectivity index is 1.60. The third kappa shape index (κ3) is 6.05. The molecule has 3 aromatic rings. The van der Waals surface area contributed by atoms with Gasteiger partial charge in [-0.1, -0.05) is 36.4 Å². The number of hydrogen-bond donors (Lipinski definition) is 0. The Morgan fingerprint density at radius 2 is 1.47 bits per heavy atom. The molecule has 1 aliphatic rings. The van der Waals surface area contributed by atoms with Crippen LogP contribution in [-0.2, 0) is 29.0 Å². The molecule has 7 heteroatoms. The number of likely N-dealkylation sites (N-methyl/N-ethyl adjacent to an activating group) is 1. The van der Waals surface area contributed by atoms with Crippen LogP contribution in [0.25, 0.3) is 0 Å². The smallest absolute Gasteiger partial charge is 0.311 e. The maximum absolute atomic E-state index is 12.8. The second-order valence-corrected chi connectivity index (χ2v) is 9.89. The number of fused-ring (bicyclic) bond motifs is 1. The lowest BCUT2D eigenvalue weighted by molar-refractivity contribution is -0.940. The Kier molecular flexibility index (Phi) is 8.79. The van der Waals surface area contributed by atoms with E-state index in [-0.39, 0.29) is 18.6 Å². The minimum absolute atomic E-state index is 0.0959. The number of nitrogens with zero attached hydrogens (tertiary/aromatic N) is 1. The molecule has 1 heterocycles. The van der Waals surface area contributed by atoms with Gasteiger partial charge in [-0.15, -0.1) is 0 Å². The number of benzene rings is 3. The molecule has 0 unspecified atom stereocenters. The van der Waals surface area contributed by atoms with E-state index in [0.717, 1.165) is 36.3 Å². The fraction of sp³-hybridized carbons (Fsp3) is 0.387. The zero-order chi connectivity index (χ0) is 27.1. The van der Waals surface area contributed by atoms with Gasteiger partial charge in [0.15, 0.2) is 23.0 Å². The maximum Gasteiger partial charge on any atom is 0.311 e. The summed E-state index contributed by atoms with van der Waals surface area (Å²) in [5, 5.41) is 0. The predicted molar refractivity (Wildman–Crippen MR) is 146 cm³/mol. The molecule has 0 saturated heterocycles. The standard InChI is InChI=1S/C31H38NO6/c1-32(16-14-31(33)38-21-22-9-7-6-8-10-22)15-13-24-19-29(36-4)30(37-5)20-25(24)26(32)17-23-11-12-27(34-2)28(18-23)35-3/h6-12,18-20,26H,13-17,21H2,1-5H3/q+1/t26-,32-/m1/s1. The minimum Gasteiger partial charge on any atom is -0.493 e. The molecule has 1 aliphatic heterocycles. The first-order valence-electron chi connectivity index (χ1n) is 12.9. The van der Waals surface area contributed by atoms with Crippen LogP contribution in [0.4, 0.5) is 0 Å². The van der Waals surface area contributed by atoms with E-state index < -0.39 is 0 Å². The lowest BCUT2D eigenvalue weighted by Gasteiger charge is -2.46. The lowest BCUT2D eigenvalue weighted by Crippen LogP contribution is -2.53. The first kappa shape index (κ1) is 27.3. The van der Waals surface area contributed by atoms with Crippen molar-refractivity contribution >= 4 is 5.97 Å². The molecule has 0 fully saturated rings. The average molecular weight is 521 g/mol. The van der Waals surface area contributed by atoms with Crippen molar-refractivity contribution in [3.05, 3.63) is 82.9 Å². The molecule has 0 saturated carbocycles. The van der Waals surface area contributed by atoms with E-state index in [1.807, 2.05) is 42.5 Å². The van der Waals surface area contributed by atoms with Crippen LogP contribution >= 0.6 is 0 Å². The van der Waals surface area contributed by atoms with Crippen molar-refractivity contribution in [3.63, 3.8) is 0 Å². The first-order chi connectivity index (χ1) is 18.4. The third-order valence-corrected chi connectivity index (χ3v) is 7.60. The van der Waals surface area contributed by atoms with Gasteiger partial charge in [0.2, 0.25) is 0 Å². The Morgan fingerprint density at radius 1 is 0.816 bits per heavy atom. The molecule has 0 radical (unpaired) electrons. The van der Waals surface area contributed by atoms with Crippen molar-refractivity contribution in [3.8, 4) is 23.0 Å². The molecule has 38 heavy (non-hydrogen) atoms. The fourth-order valence-electron chi connectivity index (χ4n) is 5.32. The van der Waals surface area contributed by atoms with E-state index in [4.69, 9.17) is 23.7 Å². The van der Waals surface area contributed by atoms with Crippen molar-refractivity contribution in [2.75, 3.05) is 48.6 Å². The topological polar surface area (TPSA) is 63.2 Å². The van der Waals surface area contributed by atoms with Crippen LogP contribution in [0.3, 0.4) is 0 Å². The van der Waals surface area contributed by atoms with Crippen LogP contribution in [0.2, 0.25) is 0 Å². The van der Waals surface area contributed by atoms with Crippen molar-refractivity contribution in [1.29, 1.82) is 0 Å². The monoisotopic (exact) mass is 520 g/mol. The van der Waals surface area contributed by atoms with Crippen LogP contribution in [0.5, 0.6) is 23.0 Å². The van der Waals surface area contributed by atoms with E-state index in [9.17, 15) is 4.79 Å². The molecule has 0 aromatic heterocycles. The number of methoxy groups -OCH3 is 4. The van der Waals surface area contributed by atoms with Crippen molar-refractivity contribution < 1.29 is 33.0 Å². The van der Waals surface area contributed by atoms with Gasteiger partial charge in [-0.05, 0) is 41.0 Å². The largest absolute Gasteiger partial charge is 0.493 e. The molecule has 0 amide bonds. The van der Waals surface area contributed by atoms with Gasteiger partial charge >= 0.3 is 5.97 Å². The number of carbonyl (C=O) groups is 1. The summed E-state index contributed by atoms with van der Waals surface area (Å²) in [6.45, 7) is 1.85. The maximum atomic E-state index is 12.8. The molecular formula is C31H38NO6+. The number of carbonyl (C=O) groups excluding carboxylic acids is 1. The summed E-state index contributed by atoms with van der Waals surface area (Å²) in [6.07, 6.45) is 1.99. The summed E-state index contributed by atoms with van der Waals surface area (Å²) in [5.74, 6) is 2.66. The Hall–Kier alpha value is -3.71. The van der Waals surface area contributed by atoms with Gasteiger partial charge in [0.1, 0.15) is 12.6 Å². The molecule has 0 bridgehead atoms. The van der Waals surface area contributed by atoms with Gasteiger partial charge in [-0.2, -0.15) is 0 Å². The first-order valence-corrected chi connectivity index (χ1v) is 12.9. The van der Waals surface area contributed by atoms with Crippen molar-refractivity contribution in [2.24, 2.45) is 0 Å². The quantitative estimate of drug-likeness (QED) is 0.258. The van der Waals surface area contributed by atoms with Gasteiger partial charge in [0.25, 0.3) is 0 Å². The number of esters is 1. The van der Waals surface area contributed by atoms with Crippen molar-refractivity contribution in [2.45, 2.75) is 31.9 Å². The van der Waals surface area contributed by atoms with Crippen molar-refractivity contribution in [1.82, 2.24) is 0 Å². The van der Waals surface area contributed by atoms with E-state index in [1.54, 1.807) is 28.4 Å². The molecule has 2 atom stereocenters. The van der Waals surface area contributed by atoms with Gasteiger partial charge < -0.3 is 28.2 Å². The highest BCUT2D eigenvalue weighted by molar-refractivity contribution is 5.69. The lowest BCUT2D eigenvalue weighted by atomic mass is 9.86. The van der Waals surface area contributed by atoms with E-state index in [0.29, 0.717) is 34.7 Å². The van der Waals surface area contributed by atoms with Gasteiger partial charge in [0, 0.05) is 18.4 Å².